The third-order valence-corrected chi connectivity index (χ3v) is 7.42. The minimum Gasteiger partial charge on any atom is -0.497 e. The molecule has 8 heteroatoms. The van der Waals surface area contributed by atoms with E-state index < -0.39 is 23.8 Å². The van der Waals surface area contributed by atoms with Crippen LogP contribution in [-0.4, -0.2) is 47.5 Å². The van der Waals surface area contributed by atoms with Crippen molar-refractivity contribution in [2.45, 2.75) is 71.9 Å². The summed E-state index contributed by atoms with van der Waals surface area (Å²) in [5.41, 5.74) is 4.88. The number of methoxy groups -OCH3 is 1. The summed E-state index contributed by atoms with van der Waals surface area (Å²) >= 11 is 0. The van der Waals surface area contributed by atoms with E-state index in [9.17, 15) is 19.6 Å². The Kier molecular flexibility index (Phi) is 11.3. The molecule has 39 heavy (non-hydrogen) atoms. The lowest BCUT2D eigenvalue weighted by Crippen LogP contribution is -2.51. The third-order valence-electron chi connectivity index (χ3n) is 7.42. The highest BCUT2D eigenvalue weighted by molar-refractivity contribution is 5.91. The number of hydroxylamine groups is 1. The molecule has 1 fully saturated rings. The van der Waals surface area contributed by atoms with Gasteiger partial charge in [-0.1, -0.05) is 57.5 Å². The van der Waals surface area contributed by atoms with Gasteiger partial charge in [0, 0.05) is 19.0 Å². The lowest BCUT2D eigenvalue weighted by atomic mass is 9.81. The lowest BCUT2D eigenvalue weighted by molar-refractivity contribution is -0.143. The van der Waals surface area contributed by atoms with Gasteiger partial charge in [0.05, 0.1) is 13.0 Å². The maximum absolute atomic E-state index is 13.6. The first-order valence-corrected chi connectivity index (χ1v) is 14.0. The maximum Gasteiger partial charge on any atom is 0.247 e. The number of nitrogens with one attached hydrogen (secondary N) is 2. The number of hydrogen-bond acceptors (Lipinski definition) is 5. The first-order chi connectivity index (χ1) is 18.8. The molecule has 0 aliphatic carbocycles. The normalized spacial score (nSPS) is 17.3. The third kappa shape index (κ3) is 8.30. The van der Waals surface area contributed by atoms with Crippen LogP contribution in [-0.2, 0) is 20.9 Å². The van der Waals surface area contributed by atoms with Crippen molar-refractivity contribution >= 4 is 17.7 Å². The van der Waals surface area contributed by atoms with E-state index in [0.717, 1.165) is 35.3 Å². The van der Waals surface area contributed by atoms with Crippen molar-refractivity contribution in [1.82, 2.24) is 15.7 Å². The number of likely N-dealkylation sites (tertiary alicyclic amines) is 1. The van der Waals surface area contributed by atoms with Gasteiger partial charge in [-0.3, -0.25) is 19.6 Å². The molecular formula is C31H43N3O5. The highest BCUT2D eigenvalue weighted by Gasteiger charge is 2.36. The van der Waals surface area contributed by atoms with Crippen LogP contribution >= 0.6 is 0 Å². The molecule has 0 unspecified atom stereocenters. The van der Waals surface area contributed by atoms with Crippen LogP contribution in [0.5, 0.6) is 5.75 Å². The van der Waals surface area contributed by atoms with Gasteiger partial charge >= 0.3 is 0 Å². The Hall–Kier alpha value is -3.39. The number of nitrogens with zero attached hydrogens (tertiary/aromatic N) is 1. The zero-order valence-corrected chi connectivity index (χ0v) is 23.6. The van der Waals surface area contributed by atoms with Crippen molar-refractivity contribution in [2.75, 3.05) is 13.7 Å². The highest BCUT2D eigenvalue weighted by atomic mass is 16.5. The minimum absolute atomic E-state index is 0.0994. The molecule has 212 valence electrons. The van der Waals surface area contributed by atoms with E-state index in [-0.39, 0.29) is 17.7 Å². The van der Waals surface area contributed by atoms with E-state index >= 15 is 0 Å². The zero-order chi connectivity index (χ0) is 28.4. The molecule has 8 nitrogen and oxygen atoms in total. The van der Waals surface area contributed by atoms with Gasteiger partial charge in [-0.15, -0.1) is 0 Å². The molecule has 2 aromatic rings. The van der Waals surface area contributed by atoms with Crippen LogP contribution in [0.25, 0.3) is 11.1 Å². The lowest BCUT2D eigenvalue weighted by Gasteiger charge is -2.29. The fourth-order valence-corrected chi connectivity index (χ4v) is 5.40. The average molecular weight is 538 g/mol. The summed E-state index contributed by atoms with van der Waals surface area (Å²) in [6.45, 7) is 7.02. The van der Waals surface area contributed by atoms with Crippen molar-refractivity contribution in [2.24, 2.45) is 17.8 Å². The summed E-state index contributed by atoms with van der Waals surface area (Å²) in [6.07, 6.45) is 3.91. The Morgan fingerprint density at radius 2 is 1.79 bits per heavy atom. The van der Waals surface area contributed by atoms with Crippen molar-refractivity contribution in [3.05, 3.63) is 54.1 Å². The molecule has 0 spiro atoms. The Balaban J connectivity index is 1.75. The summed E-state index contributed by atoms with van der Waals surface area (Å²) in [7, 11) is 1.64. The monoisotopic (exact) mass is 537 g/mol. The van der Waals surface area contributed by atoms with E-state index in [1.807, 2.05) is 68.1 Å². The molecule has 1 aliphatic heterocycles. The second-order valence-electron chi connectivity index (χ2n) is 10.9. The van der Waals surface area contributed by atoms with Gasteiger partial charge in [-0.05, 0) is 72.9 Å². The van der Waals surface area contributed by atoms with Gasteiger partial charge in [-0.2, -0.15) is 0 Å². The van der Waals surface area contributed by atoms with Crippen LogP contribution in [0.15, 0.2) is 48.5 Å². The largest absolute Gasteiger partial charge is 0.497 e. The first kappa shape index (κ1) is 30.2. The summed E-state index contributed by atoms with van der Waals surface area (Å²) in [4.78, 5) is 41.4. The molecule has 3 N–H and O–H groups in total. The topological polar surface area (TPSA) is 108 Å². The molecule has 3 atom stereocenters. The van der Waals surface area contributed by atoms with Crippen molar-refractivity contribution in [3.8, 4) is 16.9 Å². The number of ether oxygens (including phenoxy) is 1. The number of carbonyl (C=O) groups excluding carboxylic acids is 3. The average Bonchev–Trinajstić information content (AvgIpc) is 3.11. The predicted octanol–water partition coefficient (Wildman–Crippen LogP) is 4.94. The van der Waals surface area contributed by atoms with E-state index in [4.69, 9.17) is 4.74 Å². The number of hydrogen-bond donors (Lipinski definition) is 3. The van der Waals surface area contributed by atoms with Crippen LogP contribution in [0.4, 0.5) is 0 Å². The molecule has 1 aliphatic rings. The fraction of sp³-hybridized carbons (Fsp3) is 0.516. The fourth-order valence-electron chi connectivity index (χ4n) is 5.40. The SMILES string of the molecule is CCC[C@H](C(=O)NO)[C@@H](CC(C)C)C(=O)N[C@H]1CCCCN(Cc2cccc(-c3ccc(OC)cc3)c2)C1=O. The molecule has 0 radical (unpaired) electrons. The number of carbonyl (C=O) groups is 3. The van der Waals surface area contributed by atoms with Gasteiger partial charge in [0.1, 0.15) is 11.8 Å². The first-order valence-electron chi connectivity index (χ1n) is 14.0. The Labute approximate surface area is 232 Å². The van der Waals surface area contributed by atoms with Gasteiger partial charge < -0.3 is 15.0 Å². The molecule has 3 amide bonds. The number of benzene rings is 2. The van der Waals surface area contributed by atoms with Crippen molar-refractivity contribution < 1.29 is 24.3 Å². The summed E-state index contributed by atoms with van der Waals surface area (Å²) in [5.74, 6) is -1.26. The van der Waals surface area contributed by atoms with Crippen molar-refractivity contribution in [1.29, 1.82) is 0 Å². The Morgan fingerprint density at radius 3 is 2.44 bits per heavy atom. The summed E-state index contributed by atoms with van der Waals surface area (Å²) in [6, 6.07) is 15.4. The van der Waals surface area contributed by atoms with Crippen LogP contribution in [0, 0.1) is 17.8 Å². The van der Waals surface area contributed by atoms with Crippen molar-refractivity contribution in [3.63, 3.8) is 0 Å². The van der Waals surface area contributed by atoms with E-state index in [1.54, 1.807) is 12.6 Å². The number of amides is 3. The smallest absolute Gasteiger partial charge is 0.247 e. The van der Waals surface area contributed by atoms with Gasteiger partial charge in [0.25, 0.3) is 0 Å². The highest BCUT2D eigenvalue weighted by Crippen LogP contribution is 2.27. The molecular weight excluding hydrogens is 494 g/mol. The van der Waals surface area contributed by atoms with Gasteiger partial charge in [-0.25, -0.2) is 5.48 Å². The summed E-state index contributed by atoms with van der Waals surface area (Å²) in [5, 5.41) is 12.3. The molecule has 2 aromatic carbocycles. The van der Waals surface area contributed by atoms with E-state index in [1.165, 1.54) is 0 Å². The van der Waals surface area contributed by atoms with Crippen LogP contribution < -0.4 is 15.5 Å². The van der Waals surface area contributed by atoms with E-state index in [2.05, 4.69) is 11.4 Å². The Bertz CT molecular complexity index is 1100. The Morgan fingerprint density at radius 1 is 1.05 bits per heavy atom. The molecule has 1 heterocycles. The minimum atomic E-state index is -0.653. The molecule has 0 bridgehead atoms. The summed E-state index contributed by atoms with van der Waals surface area (Å²) < 4.78 is 5.26. The zero-order valence-electron chi connectivity index (χ0n) is 23.6. The van der Waals surface area contributed by atoms with Gasteiger partial charge in [0.2, 0.25) is 17.7 Å². The van der Waals surface area contributed by atoms with Crippen LogP contribution in [0.3, 0.4) is 0 Å². The quantitative estimate of drug-likeness (QED) is 0.262. The predicted molar refractivity (Wildman–Crippen MR) is 151 cm³/mol. The number of rotatable bonds is 12. The van der Waals surface area contributed by atoms with Crippen LogP contribution in [0.2, 0.25) is 0 Å². The molecule has 1 saturated heterocycles. The second kappa shape index (κ2) is 14.7. The molecule has 3 rings (SSSR count). The van der Waals surface area contributed by atoms with Crippen LogP contribution in [0.1, 0.15) is 64.9 Å². The van der Waals surface area contributed by atoms with Gasteiger partial charge in [0.15, 0.2) is 0 Å². The molecule has 0 aromatic heterocycles. The standard InChI is InChI=1S/C31H43N3O5/c1-5-9-26(30(36)33-38)27(18-21(2)3)29(35)32-28-12-6-7-17-34(31(28)37)20-22-10-8-11-24(19-22)23-13-15-25(39-4)16-14-23/h8,10-11,13-16,19,21,26-28,38H,5-7,9,12,17-18,20H2,1-4H3,(H,32,35)(H,33,36)/t26-,27+,28-/m0/s1. The second-order valence-corrected chi connectivity index (χ2v) is 10.9. The maximum atomic E-state index is 13.6. The van der Waals surface area contributed by atoms with E-state index in [0.29, 0.717) is 38.8 Å². The molecule has 0 saturated carbocycles.